The highest BCUT2D eigenvalue weighted by Crippen LogP contribution is 2.15. The van der Waals surface area contributed by atoms with Crippen LogP contribution >= 0.6 is 0 Å². The van der Waals surface area contributed by atoms with E-state index < -0.39 is 0 Å². The Morgan fingerprint density at radius 1 is 1.10 bits per heavy atom. The van der Waals surface area contributed by atoms with E-state index in [4.69, 9.17) is 0 Å². The zero-order valence-corrected chi connectivity index (χ0v) is 17.9. The first kappa shape index (κ1) is 22.0. The first-order chi connectivity index (χ1) is 13.9. The van der Waals surface area contributed by atoms with E-state index in [0.29, 0.717) is 12.4 Å². The molecule has 3 rings (SSSR count). The molecule has 1 aliphatic rings. The molecule has 0 aromatic heterocycles. The monoisotopic (exact) mass is 390 g/mol. The number of rotatable bonds is 5. The van der Waals surface area contributed by atoms with Gasteiger partial charge in [-0.2, -0.15) is 10.1 Å². The number of hydrogen-bond donors (Lipinski definition) is 2. The lowest BCUT2D eigenvalue weighted by Crippen LogP contribution is -2.38. The molecular formula is C24H30N4O. The van der Waals surface area contributed by atoms with Crippen molar-refractivity contribution in [2.75, 3.05) is 11.9 Å². The predicted octanol–water partition coefficient (Wildman–Crippen LogP) is 4.95. The summed E-state index contributed by atoms with van der Waals surface area (Å²) in [5.74, 6) is 0.224. The Bertz CT molecular complexity index is 943. The SMILES string of the molecule is C=C1NC(CNc2cccc(C)c2)=CC(=O)N1/N=C(\C)c1cccc(C)c1.CC. The van der Waals surface area contributed by atoms with Crippen molar-refractivity contribution in [1.82, 2.24) is 10.3 Å². The van der Waals surface area contributed by atoms with Gasteiger partial charge in [-0.1, -0.05) is 62.4 Å². The van der Waals surface area contributed by atoms with Crippen molar-refractivity contribution in [2.45, 2.75) is 34.6 Å². The van der Waals surface area contributed by atoms with Crippen LogP contribution in [-0.4, -0.2) is 23.2 Å². The third-order valence-corrected chi connectivity index (χ3v) is 4.25. The van der Waals surface area contributed by atoms with Crippen molar-refractivity contribution in [3.05, 3.63) is 89.4 Å². The average molecular weight is 391 g/mol. The normalized spacial score (nSPS) is 13.9. The summed E-state index contributed by atoms with van der Waals surface area (Å²) in [6.45, 7) is 14.4. The summed E-state index contributed by atoms with van der Waals surface area (Å²) in [5, 5.41) is 12.2. The third kappa shape index (κ3) is 6.07. The van der Waals surface area contributed by atoms with Gasteiger partial charge in [-0.15, -0.1) is 0 Å². The minimum Gasteiger partial charge on any atom is -0.379 e. The molecule has 0 radical (unpaired) electrons. The fourth-order valence-electron chi connectivity index (χ4n) is 2.85. The number of carbonyl (C=O) groups excluding carboxylic acids is 1. The maximum absolute atomic E-state index is 12.5. The molecule has 0 atom stereocenters. The molecule has 5 nitrogen and oxygen atoms in total. The topological polar surface area (TPSA) is 56.7 Å². The molecule has 0 spiro atoms. The van der Waals surface area contributed by atoms with Crippen molar-refractivity contribution < 1.29 is 4.79 Å². The van der Waals surface area contributed by atoms with Gasteiger partial charge in [-0.05, 0) is 44.0 Å². The van der Waals surface area contributed by atoms with Crippen molar-refractivity contribution in [3.8, 4) is 0 Å². The van der Waals surface area contributed by atoms with Gasteiger partial charge >= 0.3 is 0 Å². The fraction of sp³-hybridized carbons (Fsp3) is 0.250. The average Bonchev–Trinajstić information content (AvgIpc) is 2.70. The largest absolute Gasteiger partial charge is 0.379 e. The first-order valence-electron chi connectivity index (χ1n) is 9.86. The van der Waals surface area contributed by atoms with Gasteiger partial charge in [-0.25, -0.2) is 0 Å². The van der Waals surface area contributed by atoms with E-state index in [0.717, 1.165) is 28.2 Å². The maximum atomic E-state index is 12.5. The molecule has 0 aliphatic carbocycles. The number of nitrogens with zero attached hydrogens (tertiary/aromatic N) is 2. The number of amides is 1. The quantitative estimate of drug-likeness (QED) is 0.710. The number of benzene rings is 2. The van der Waals surface area contributed by atoms with Crippen LogP contribution in [0.5, 0.6) is 0 Å². The molecule has 0 unspecified atom stereocenters. The number of hydrogen-bond acceptors (Lipinski definition) is 4. The molecule has 152 valence electrons. The molecule has 1 aliphatic heterocycles. The Balaban J connectivity index is 0.00000145. The lowest BCUT2D eigenvalue weighted by Gasteiger charge is -2.26. The molecule has 1 heterocycles. The second kappa shape index (κ2) is 10.3. The van der Waals surface area contributed by atoms with Gasteiger partial charge in [0.05, 0.1) is 12.3 Å². The van der Waals surface area contributed by atoms with Crippen molar-refractivity contribution in [1.29, 1.82) is 0 Å². The number of hydrazone groups is 1. The highest BCUT2D eigenvalue weighted by Gasteiger charge is 2.21. The second-order valence-electron chi connectivity index (χ2n) is 6.67. The number of anilines is 1. The second-order valence-corrected chi connectivity index (χ2v) is 6.67. The summed E-state index contributed by atoms with van der Waals surface area (Å²) < 4.78 is 0. The highest BCUT2D eigenvalue weighted by molar-refractivity contribution is 6.00. The van der Waals surface area contributed by atoms with Crippen molar-refractivity contribution >= 4 is 17.3 Å². The van der Waals surface area contributed by atoms with Crippen LogP contribution < -0.4 is 10.6 Å². The lowest BCUT2D eigenvalue weighted by molar-refractivity contribution is -0.125. The molecule has 2 N–H and O–H groups in total. The van der Waals surface area contributed by atoms with Crippen LogP contribution in [0.3, 0.4) is 0 Å². The van der Waals surface area contributed by atoms with Gasteiger partial charge in [-0.3, -0.25) is 4.79 Å². The van der Waals surface area contributed by atoms with Crippen LogP contribution in [0.4, 0.5) is 5.69 Å². The molecule has 0 fully saturated rings. The highest BCUT2D eigenvalue weighted by atomic mass is 16.2. The van der Waals surface area contributed by atoms with E-state index in [1.807, 2.05) is 77.1 Å². The van der Waals surface area contributed by atoms with Crippen LogP contribution in [0, 0.1) is 13.8 Å². The maximum Gasteiger partial charge on any atom is 0.274 e. The molecule has 0 bridgehead atoms. The number of nitrogens with one attached hydrogen (secondary N) is 2. The number of carbonyl (C=O) groups is 1. The van der Waals surface area contributed by atoms with E-state index >= 15 is 0 Å². The van der Waals surface area contributed by atoms with Crippen LogP contribution in [-0.2, 0) is 4.79 Å². The first-order valence-corrected chi connectivity index (χ1v) is 9.86. The van der Waals surface area contributed by atoms with Gasteiger partial charge in [0.1, 0.15) is 5.82 Å². The molecule has 29 heavy (non-hydrogen) atoms. The predicted molar refractivity (Wildman–Crippen MR) is 122 cm³/mol. The van der Waals surface area contributed by atoms with Crippen molar-refractivity contribution in [3.63, 3.8) is 0 Å². The zero-order chi connectivity index (χ0) is 21.4. The molecule has 2 aromatic carbocycles. The molecule has 0 saturated carbocycles. The summed E-state index contributed by atoms with van der Waals surface area (Å²) in [5.41, 5.74) is 5.82. The molecular weight excluding hydrogens is 360 g/mol. The van der Waals surface area contributed by atoms with Gasteiger partial charge in [0.2, 0.25) is 0 Å². The standard InChI is InChI=1S/C22H24N4O.C2H6/c1-15-7-5-9-19(11-15)17(3)25-26-18(4)24-21(13-22(26)27)14-23-20-10-6-8-16(2)12-20;1-2/h5-13,23-24H,4,14H2,1-3H3;1-2H3/b25-17+;. The summed E-state index contributed by atoms with van der Waals surface area (Å²) >= 11 is 0. The van der Waals surface area contributed by atoms with E-state index in [2.05, 4.69) is 28.4 Å². The zero-order valence-electron chi connectivity index (χ0n) is 17.9. The summed E-state index contributed by atoms with van der Waals surface area (Å²) in [7, 11) is 0. The van der Waals surface area contributed by atoms with E-state index in [1.54, 1.807) is 6.08 Å². The van der Waals surface area contributed by atoms with Crippen LogP contribution in [0.2, 0.25) is 0 Å². The molecule has 5 heteroatoms. The van der Waals surface area contributed by atoms with E-state index in [1.165, 1.54) is 10.6 Å². The molecule has 2 aromatic rings. The van der Waals surface area contributed by atoms with Crippen LogP contribution in [0.15, 0.2) is 77.8 Å². The Hall–Kier alpha value is -3.34. The third-order valence-electron chi connectivity index (χ3n) is 4.25. The van der Waals surface area contributed by atoms with E-state index in [-0.39, 0.29) is 5.91 Å². The van der Waals surface area contributed by atoms with Crippen molar-refractivity contribution in [2.24, 2.45) is 5.10 Å². The number of aryl methyl sites for hydroxylation is 2. The van der Waals surface area contributed by atoms with Crippen LogP contribution in [0.1, 0.15) is 37.5 Å². The van der Waals surface area contributed by atoms with E-state index in [9.17, 15) is 4.79 Å². The van der Waals surface area contributed by atoms with Gasteiger partial charge in [0, 0.05) is 17.5 Å². The summed E-state index contributed by atoms with van der Waals surface area (Å²) in [6, 6.07) is 16.1. The van der Waals surface area contributed by atoms with Gasteiger partial charge in [0.15, 0.2) is 0 Å². The molecule has 0 saturated heterocycles. The van der Waals surface area contributed by atoms with Crippen LogP contribution in [0.25, 0.3) is 0 Å². The lowest BCUT2D eigenvalue weighted by atomic mass is 10.1. The summed E-state index contributed by atoms with van der Waals surface area (Å²) in [6.07, 6.45) is 1.55. The van der Waals surface area contributed by atoms with Gasteiger partial charge in [0.25, 0.3) is 5.91 Å². The fourth-order valence-corrected chi connectivity index (χ4v) is 2.85. The van der Waals surface area contributed by atoms with Gasteiger partial charge < -0.3 is 10.6 Å². The summed E-state index contributed by atoms with van der Waals surface area (Å²) in [4.78, 5) is 12.5. The Morgan fingerprint density at radius 3 is 2.38 bits per heavy atom. The molecule has 1 amide bonds. The Morgan fingerprint density at radius 2 is 1.76 bits per heavy atom. The minimum atomic E-state index is -0.216. The smallest absolute Gasteiger partial charge is 0.274 e. The minimum absolute atomic E-state index is 0.216. The Kier molecular flexibility index (Phi) is 7.78. The Labute approximate surface area is 173 Å².